The van der Waals surface area contributed by atoms with E-state index in [0.717, 1.165) is 17.5 Å². The largest absolute Gasteiger partial charge is 0.494 e. The minimum atomic E-state index is -0.927. The topological polar surface area (TPSA) is 125 Å². The number of rotatable bonds is 9. The number of carboxylic acids is 1. The van der Waals surface area contributed by atoms with Crippen LogP contribution in [0.3, 0.4) is 0 Å². The lowest BCUT2D eigenvalue weighted by molar-refractivity contribution is -0.133. The number of imidazole rings is 1. The van der Waals surface area contributed by atoms with Gasteiger partial charge < -0.3 is 24.9 Å². The van der Waals surface area contributed by atoms with Crippen molar-refractivity contribution in [3.05, 3.63) is 30.6 Å². The van der Waals surface area contributed by atoms with Crippen LogP contribution in [0.4, 0.5) is 5.82 Å². The average Bonchev–Trinajstić information content (AvgIpc) is 3.01. The van der Waals surface area contributed by atoms with E-state index in [-0.39, 0.29) is 11.6 Å². The minimum Gasteiger partial charge on any atom is -0.494 e. The zero-order chi connectivity index (χ0) is 19.2. The number of thioether (sulfide) groups is 1. The molecule has 3 N–H and O–H groups in total. The number of aliphatic carboxylic acids is 1. The Bertz CT molecular complexity index is 929. The molecule has 10 heteroatoms. The number of carboxylic acid groups (broad SMARTS) is 1. The second-order valence-corrected chi connectivity index (χ2v) is 6.35. The standard InChI is InChI=1S/C17H19N5O4S/c1-2-25-11-3-5-12(6-4-11)26-8-7-22-16-14(15(18)19-10-20-16)21-17(22)27-9-13(23)24/h3-6,10H,2,7-9H2,1H3,(H,23,24)(H2,18,19,20). The molecule has 0 aliphatic heterocycles. The van der Waals surface area contributed by atoms with Gasteiger partial charge in [0.05, 0.1) is 18.9 Å². The number of ether oxygens (including phenoxy) is 2. The Labute approximate surface area is 159 Å². The summed E-state index contributed by atoms with van der Waals surface area (Å²) >= 11 is 1.10. The fraction of sp³-hybridized carbons (Fsp3) is 0.294. The van der Waals surface area contributed by atoms with Crippen molar-refractivity contribution in [3.8, 4) is 11.5 Å². The zero-order valence-corrected chi connectivity index (χ0v) is 15.5. The summed E-state index contributed by atoms with van der Waals surface area (Å²) in [5, 5.41) is 9.44. The van der Waals surface area contributed by atoms with Crippen molar-refractivity contribution < 1.29 is 19.4 Å². The van der Waals surface area contributed by atoms with Crippen LogP contribution in [0.15, 0.2) is 35.7 Å². The molecular weight excluding hydrogens is 370 g/mol. The molecule has 0 aliphatic carbocycles. The molecule has 0 spiro atoms. The molecule has 9 nitrogen and oxygen atoms in total. The SMILES string of the molecule is CCOc1ccc(OCCn2c(SCC(=O)O)nc3c(N)ncnc32)cc1. The lowest BCUT2D eigenvalue weighted by atomic mass is 10.3. The summed E-state index contributed by atoms with van der Waals surface area (Å²) < 4.78 is 13.0. The van der Waals surface area contributed by atoms with Crippen molar-refractivity contribution in [2.45, 2.75) is 18.6 Å². The third kappa shape index (κ3) is 4.59. The highest BCUT2D eigenvalue weighted by molar-refractivity contribution is 7.99. The summed E-state index contributed by atoms with van der Waals surface area (Å²) in [6.45, 7) is 3.32. The van der Waals surface area contributed by atoms with Crippen molar-refractivity contribution in [3.63, 3.8) is 0 Å². The highest BCUT2D eigenvalue weighted by Gasteiger charge is 2.16. The van der Waals surface area contributed by atoms with Crippen LogP contribution in [0.2, 0.25) is 0 Å². The summed E-state index contributed by atoms with van der Waals surface area (Å²) in [4.78, 5) is 23.4. The van der Waals surface area contributed by atoms with Gasteiger partial charge in [-0.05, 0) is 31.2 Å². The number of hydrogen-bond acceptors (Lipinski definition) is 8. The fourth-order valence-corrected chi connectivity index (χ4v) is 3.17. The van der Waals surface area contributed by atoms with Crippen molar-refractivity contribution >= 4 is 34.7 Å². The molecule has 0 bridgehead atoms. The second-order valence-electron chi connectivity index (χ2n) is 5.41. The van der Waals surface area contributed by atoms with E-state index in [0.29, 0.717) is 41.8 Å². The van der Waals surface area contributed by atoms with Gasteiger partial charge in [0, 0.05) is 0 Å². The Morgan fingerprint density at radius 2 is 1.93 bits per heavy atom. The Hall–Kier alpha value is -3.01. The highest BCUT2D eigenvalue weighted by atomic mass is 32.2. The predicted octanol–water partition coefficient (Wildman–Crippen LogP) is 2.06. The summed E-state index contributed by atoms with van der Waals surface area (Å²) in [6, 6.07) is 7.34. The molecule has 0 fully saturated rings. The van der Waals surface area contributed by atoms with E-state index in [9.17, 15) is 4.79 Å². The maximum Gasteiger partial charge on any atom is 0.313 e. The van der Waals surface area contributed by atoms with E-state index >= 15 is 0 Å². The van der Waals surface area contributed by atoms with Crippen LogP contribution in [0, 0.1) is 0 Å². The molecule has 27 heavy (non-hydrogen) atoms. The van der Waals surface area contributed by atoms with E-state index in [1.165, 1.54) is 6.33 Å². The molecule has 3 rings (SSSR count). The van der Waals surface area contributed by atoms with Gasteiger partial charge >= 0.3 is 5.97 Å². The van der Waals surface area contributed by atoms with Gasteiger partial charge in [0.2, 0.25) is 0 Å². The molecule has 0 amide bonds. The lowest BCUT2D eigenvalue weighted by Gasteiger charge is -2.10. The number of hydrogen-bond donors (Lipinski definition) is 2. The van der Waals surface area contributed by atoms with Crippen LogP contribution in [-0.2, 0) is 11.3 Å². The molecular formula is C17H19N5O4S. The molecule has 142 valence electrons. The van der Waals surface area contributed by atoms with Crippen LogP contribution in [-0.4, -0.2) is 49.6 Å². The van der Waals surface area contributed by atoms with Crippen molar-refractivity contribution in [2.75, 3.05) is 24.7 Å². The van der Waals surface area contributed by atoms with Gasteiger partial charge in [-0.15, -0.1) is 0 Å². The van der Waals surface area contributed by atoms with Crippen molar-refractivity contribution in [1.82, 2.24) is 19.5 Å². The maximum atomic E-state index is 10.9. The number of nitrogens with zero attached hydrogens (tertiary/aromatic N) is 4. The maximum absolute atomic E-state index is 10.9. The minimum absolute atomic E-state index is 0.115. The van der Waals surface area contributed by atoms with E-state index in [4.69, 9.17) is 20.3 Å². The molecule has 0 saturated carbocycles. The third-order valence-electron chi connectivity index (χ3n) is 3.57. The number of nitrogens with two attached hydrogens (primary N) is 1. The Morgan fingerprint density at radius 1 is 1.22 bits per heavy atom. The molecule has 0 saturated heterocycles. The van der Waals surface area contributed by atoms with Crippen molar-refractivity contribution in [2.24, 2.45) is 0 Å². The van der Waals surface area contributed by atoms with Crippen LogP contribution in [0.1, 0.15) is 6.92 Å². The molecule has 0 aliphatic rings. The summed E-state index contributed by atoms with van der Waals surface area (Å²) in [7, 11) is 0. The summed E-state index contributed by atoms with van der Waals surface area (Å²) in [5.41, 5.74) is 6.85. The van der Waals surface area contributed by atoms with Crippen LogP contribution >= 0.6 is 11.8 Å². The number of carbonyl (C=O) groups is 1. The van der Waals surface area contributed by atoms with Crippen LogP contribution < -0.4 is 15.2 Å². The number of aromatic nitrogens is 4. The molecule has 0 atom stereocenters. The number of fused-ring (bicyclic) bond motifs is 1. The van der Waals surface area contributed by atoms with Crippen LogP contribution in [0.25, 0.3) is 11.2 Å². The van der Waals surface area contributed by atoms with E-state index in [1.54, 1.807) is 4.57 Å². The Kier molecular flexibility index (Phi) is 5.97. The third-order valence-corrected chi connectivity index (χ3v) is 4.53. The predicted molar refractivity (Wildman–Crippen MR) is 101 cm³/mol. The lowest BCUT2D eigenvalue weighted by Crippen LogP contribution is -2.11. The van der Waals surface area contributed by atoms with E-state index in [2.05, 4.69) is 15.0 Å². The Balaban J connectivity index is 1.73. The molecule has 0 radical (unpaired) electrons. The van der Waals surface area contributed by atoms with Gasteiger partial charge in [-0.2, -0.15) is 0 Å². The molecule has 0 unspecified atom stereocenters. The normalized spacial score (nSPS) is 10.9. The van der Waals surface area contributed by atoms with Gasteiger partial charge in [0.15, 0.2) is 22.1 Å². The highest BCUT2D eigenvalue weighted by Crippen LogP contribution is 2.25. The van der Waals surface area contributed by atoms with E-state index < -0.39 is 5.97 Å². The number of benzene rings is 1. The first-order valence-corrected chi connectivity index (χ1v) is 9.24. The first-order valence-electron chi connectivity index (χ1n) is 8.25. The van der Waals surface area contributed by atoms with E-state index in [1.807, 2.05) is 31.2 Å². The molecule has 3 aromatic rings. The second kappa shape index (κ2) is 8.58. The zero-order valence-electron chi connectivity index (χ0n) is 14.7. The number of anilines is 1. The number of nitrogen functional groups attached to an aromatic ring is 1. The summed E-state index contributed by atoms with van der Waals surface area (Å²) in [5.74, 6) is 0.699. The van der Waals surface area contributed by atoms with Gasteiger partial charge in [-0.1, -0.05) is 11.8 Å². The van der Waals surface area contributed by atoms with Crippen LogP contribution in [0.5, 0.6) is 11.5 Å². The monoisotopic (exact) mass is 389 g/mol. The van der Waals surface area contributed by atoms with Gasteiger partial charge in [-0.3, -0.25) is 4.79 Å². The molecule has 1 aromatic carbocycles. The smallest absolute Gasteiger partial charge is 0.313 e. The van der Waals surface area contributed by atoms with Gasteiger partial charge in [0.25, 0.3) is 0 Å². The first-order chi connectivity index (χ1) is 13.1. The summed E-state index contributed by atoms with van der Waals surface area (Å²) in [6.07, 6.45) is 1.36. The molecule has 2 aromatic heterocycles. The van der Waals surface area contributed by atoms with Crippen molar-refractivity contribution in [1.29, 1.82) is 0 Å². The Morgan fingerprint density at radius 3 is 2.59 bits per heavy atom. The fourth-order valence-electron chi connectivity index (χ4n) is 2.43. The quantitative estimate of drug-likeness (QED) is 0.529. The van der Waals surface area contributed by atoms with Gasteiger partial charge in [-0.25, -0.2) is 15.0 Å². The first kappa shape index (κ1) is 18.8. The average molecular weight is 389 g/mol. The molecule has 2 heterocycles. The van der Waals surface area contributed by atoms with Gasteiger partial charge in [0.1, 0.15) is 24.4 Å².